The SMILES string of the molecule is Oc1cccc2cc3c(F)c(F)c(Br)c(F)c3nc12. The van der Waals surface area contributed by atoms with Crippen LogP contribution in [-0.2, 0) is 0 Å². The zero-order chi connectivity index (χ0) is 13.7. The van der Waals surface area contributed by atoms with Crippen LogP contribution in [0.1, 0.15) is 0 Å². The van der Waals surface area contributed by atoms with Gasteiger partial charge in [-0.05, 0) is 28.1 Å². The fraction of sp³-hybridized carbons (Fsp3) is 0. The van der Waals surface area contributed by atoms with E-state index in [1.165, 1.54) is 18.2 Å². The lowest BCUT2D eigenvalue weighted by atomic mass is 10.1. The molecule has 96 valence electrons. The van der Waals surface area contributed by atoms with Gasteiger partial charge in [-0.3, -0.25) is 0 Å². The number of phenolic OH excluding ortho intramolecular Hbond substituents is 1. The van der Waals surface area contributed by atoms with Crippen molar-refractivity contribution in [2.24, 2.45) is 0 Å². The number of aromatic hydroxyl groups is 1. The Morgan fingerprint density at radius 3 is 2.47 bits per heavy atom. The van der Waals surface area contributed by atoms with Gasteiger partial charge in [0.25, 0.3) is 0 Å². The van der Waals surface area contributed by atoms with Crippen LogP contribution < -0.4 is 0 Å². The topological polar surface area (TPSA) is 33.1 Å². The van der Waals surface area contributed by atoms with E-state index in [1.54, 1.807) is 6.07 Å². The standard InChI is InChI=1S/C13H5BrF3NO/c14-8-10(16)9(15)6-4-5-2-1-3-7(19)12(5)18-13(6)11(8)17/h1-4,19H. The van der Waals surface area contributed by atoms with Crippen molar-refractivity contribution in [2.45, 2.75) is 0 Å². The molecule has 6 heteroatoms. The summed E-state index contributed by atoms with van der Waals surface area (Å²) in [7, 11) is 0. The maximum atomic E-state index is 13.9. The third kappa shape index (κ3) is 1.67. The minimum absolute atomic E-state index is 0.131. The molecule has 0 saturated carbocycles. The van der Waals surface area contributed by atoms with Gasteiger partial charge in [-0.25, -0.2) is 18.2 Å². The Labute approximate surface area is 113 Å². The molecule has 0 radical (unpaired) electrons. The summed E-state index contributed by atoms with van der Waals surface area (Å²) < 4.78 is 40.5. The number of hydrogen-bond donors (Lipinski definition) is 1. The highest BCUT2D eigenvalue weighted by molar-refractivity contribution is 9.10. The van der Waals surface area contributed by atoms with E-state index in [0.717, 1.165) is 0 Å². The van der Waals surface area contributed by atoms with E-state index < -0.39 is 21.9 Å². The van der Waals surface area contributed by atoms with Crippen molar-refractivity contribution in [3.8, 4) is 5.75 Å². The van der Waals surface area contributed by atoms with E-state index in [9.17, 15) is 18.3 Å². The van der Waals surface area contributed by atoms with Gasteiger partial charge in [-0.15, -0.1) is 0 Å². The van der Waals surface area contributed by atoms with E-state index in [4.69, 9.17) is 0 Å². The average Bonchev–Trinajstić information content (AvgIpc) is 2.42. The number of nitrogens with zero attached hydrogens (tertiary/aromatic N) is 1. The summed E-state index contributed by atoms with van der Waals surface area (Å²) in [6.07, 6.45) is 0. The summed E-state index contributed by atoms with van der Waals surface area (Å²) in [6, 6.07) is 5.74. The number of para-hydroxylation sites is 1. The molecule has 0 unspecified atom stereocenters. The minimum Gasteiger partial charge on any atom is -0.506 e. The number of aromatic nitrogens is 1. The predicted molar refractivity (Wildman–Crippen MR) is 68.5 cm³/mol. The minimum atomic E-state index is -1.30. The lowest BCUT2D eigenvalue weighted by Crippen LogP contribution is -1.96. The Morgan fingerprint density at radius 1 is 1.00 bits per heavy atom. The fourth-order valence-corrected chi connectivity index (χ4v) is 2.29. The molecule has 0 saturated heterocycles. The number of fused-ring (bicyclic) bond motifs is 2. The first-order valence-corrected chi connectivity index (χ1v) is 6.04. The molecule has 0 spiro atoms. The smallest absolute Gasteiger partial charge is 0.176 e. The van der Waals surface area contributed by atoms with Crippen LogP contribution in [0.15, 0.2) is 28.7 Å². The normalized spacial score (nSPS) is 11.4. The molecule has 1 heterocycles. The molecule has 0 fully saturated rings. The molecule has 1 N–H and O–H groups in total. The maximum absolute atomic E-state index is 13.9. The van der Waals surface area contributed by atoms with E-state index >= 15 is 0 Å². The van der Waals surface area contributed by atoms with Gasteiger partial charge >= 0.3 is 0 Å². The molecular formula is C13H5BrF3NO. The highest BCUT2D eigenvalue weighted by Crippen LogP contribution is 2.33. The Balaban J connectivity index is 2.59. The lowest BCUT2D eigenvalue weighted by Gasteiger charge is -2.07. The molecule has 0 bridgehead atoms. The number of pyridine rings is 1. The van der Waals surface area contributed by atoms with Crippen LogP contribution >= 0.6 is 15.9 Å². The Morgan fingerprint density at radius 2 is 1.74 bits per heavy atom. The fourth-order valence-electron chi connectivity index (χ4n) is 1.93. The van der Waals surface area contributed by atoms with E-state index in [1.807, 2.05) is 0 Å². The van der Waals surface area contributed by atoms with Crippen LogP contribution in [0.3, 0.4) is 0 Å². The van der Waals surface area contributed by atoms with Crippen molar-refractivity contribution in [2.75, 3.05) is 0 Å². The first-order chi connectivity index (χ1) is 9.00. The monoisotopic (exact) mass is 327 g/mol. The van der Waals surface area contributed by atoms with Gasteiger partial charge in [-0.2, -0.15) is 0 Å². The third-order valence-corrected chi connectivity index (χ3v) is 3.54. The van der Waals surface area contributed by atoms with Crippen molar-refractivity contribution in [1.82, 2.24) is 4.98 Å². The summed E-state index contributed by atoms with van der Waals surface area (Å²) >= 11 is 2.64. The predicted octanol–water partition coefficient (Wildman–Crippen LogP) is 4.27. The summed E-state index contributed by atoms with van der Waals surface area (Å²) in [5.74, 6) is -3.63. The van der Waals surface area contributed by atoms with Crippen molar-refractivity contribution in [3.05, 3.63) is 46.2 Å². The average molecular weight is 328 g/mol. The lowest BCUT2D eigenvalue weighted by molar-refractivity contribution is 0.480. The number of halogens is 4. The quantitative estimate of drug-likeness (QED) is 0.380. The second kappa shape index (κ2) is 4.09. The maximum Gasteiger partial charge on any atom is 0.176 e. The van der Waals surface area contributed by atoms with Gasteiger partial charge in [-0.1, -0.05) is 12.1 Å². The second-order valence-electron chi connectivity index (χ2n) is 3.99. The van der Waals surface area contributed by atoms with Crippen LogP contribution in [0.2, 0.25) is 0 Å². The zero-order valence-electron chi connectivity index (χ0n) is 9.22. The van der Waals surface area contributed by atoms with Gasteiger partial charge < -0.3 is 5.11 Å². The number of benzene rings is 2. The molecule has 1 aromatic heterocycles. The van der Waals surface area contributed by atoms with Gasteiger partial charge in [0.15, 0.2) is 17.5 Å². The van der Waals surface area contributed by atoms with E-state index in [-0.39, 0.29) is 22.2 Å². The second-order valence-corrected chi connectivity index (χ2v) is 4.78. The van der Waals surface area contributed by atoms with Gasteiger partial charge in [0.05, 0.1) is 4.47 Å². The highest BCUT2D eigenvalue weighted by Gasteiger charge is 2.20. The molecule has 0 aliphatic carbocycles. The Bertz CT molecular complexity index is 835. The van der Waals surface area contributed by atoms with Crippen molar-refractivity contribution in [3.63, 3.8) is 0 Å². The highest BCUT2D eigenvalue weighted by atomic mass is 79.9. The molecule has 0 aliphatic heterocycles. The molecule has 0 atom stereocenters. The summed E-state index contributed by atoms with van der Waals surface area (Å²) in [6.45, 7) is 0. The molecular weight excluding hydrogens is 323 g/mol. The van der Waals surface area contributed by atoms with Crippen LogP contribution in [0.4, 0.5) is 13.2 Å². The Kier molecular flexibility index (Phi) is 2.63. The van der Waals surface area contributed by atoms with Gasteiger partial charge in [0, 0.05) is 10.8 Å². The van der Waals surface area contributed by atoms with Crippen LogP contribution in [0.25, 0.3) is 21.8 Å². The molecule has 3 aromatic rings. The largest absolute Gasteiger partial charge is 0.506 e. The molecule has 2 nitrogen and oxygen atoms in total. The van der Waals surface area contributed by atoms with E-state index in [0.29, 0.717) is 5.39 Å². The molecule has 0 amide bonds. The van der Waals surface area contributed by atoms with E-state index in [2.05, 4.69) is 20.9 Å². The first-order valence-electron chi connectivity index (χ1n) is 5.25. The van der Waals surface area contributed by atoms with Crippen molar-refractivity contribution < 1.29 is 18.3 Å². The van der Waals surface area contributed by atoms with Crippen LogP contribution in [0, 0.1) is 17.5 Å². The molecule has 19 heavy (non-hydrogen) atoms. The molecule has 0 aliphatic rings. The number of hydrogen-bond acceptors (Lipinski definition) is 2. The first kappa shape index (κ1) is 12.2. The number of rotatable bonds is 0. The molecule has 2 aromatic carbocycles. The summed E-state index contributed by atoms with van der Waals surface area (Å²) in [5, 5.41) is 9.78. The zero-order valence-corrected chi connectivity index (χ0v) is 10.8. The van der Waals surface area contributed by atoms with Crippen LogP contribution in [-0.4, -0.2) is 10.1 Å². The summed E-state index contributed by atoms with van der Waals surface area (Å²) in [4.78, 5) is 3.88. The van der Waals surface area contributed by atoms with Crippen LogP contribution in [0.5, 0.6) is 5.75 Å². The summed E-state index contributed by atoms with van der Waals surface area (Å²) in [5.41, 5.74) is -0.202. The van der Waals surface area contributed by atoms with Crippen molar-refractivity contribution >= 4 is 37.7 Å². The Hall–Kier alpha value is -1.82. The van der Waals surface area contributed by atoms with Crippen molar-refractivity contribution in [1.29, 1.82) is 0 Å². The van der Waals surface area contributed by atoms with Gasteiger partial charge in [0.1, 0.15) is 16.8 Å². The molecule has 3 rings (SSSR count). The third-order valence-electron chi connectivity index (χ3n) is 2.85. The van der Waals surface area contributed by atoms with Gasteiger partial charge in [0.2, 0.25) is 0 Å². The number of phenols is 1.